The lowest BCUT2D eigenvalue weighted by Crippen LogP contribution is -2.45. The first-order chi connectivity index (χ1) is 18.1. The predicted octanol–water partition coefficient (Wildman–Crippen LogP) is 5.04. The van der Waals surface area contributed by atoms with Gasteiger partial charge in [0.1, 0.15) is 0 Å². The van der Waals surface area contributed by atoms with Crippen molar-refractivity contribution in [3.8, 4) is 11.9 Å². The Morgan fingerprint density at radius 2 is 2.03 bits per heavy atom. The molecule has 4 atom stereocenters. The van der Waals surface area contributed by atoms with Crippen LogP contribution in [0, 0.1) is 17.2 Å². The summed E-state index contributed by atoms with van der Waals surface area (Å²) in [6.07, 6.45) is 2.03. The lowest BCUT2D eigenvalue weighted by atomic mass is 9.82. The molecule has 2 aromatic carbocycles. The summed E-state index contributed by atoms with van der Waals surface area (Å²) >= 11 is 5.86. The number of pyridine rings is 1. The quantitative estimate of drug-likeness (QED) is 0.382. The molecule has 2 amide bonds. The number of imide groups is 1. The van der Waals surface area contributed by atoms with E-state index < -0.39 is 29.1 Å². The number of carbonyl (C=O) groups is 2. The van der Waals surface area contributed by atoms with Gasteiger partial charge in [-0.2, -0.15) is 5.26 Å². The highest BCUT2D eigenvalue weighted by molar-refractivity contribution is 6.30. The van der Waals surface area contributed by atoms with E-state index in [4.69, 9.17) is 21.1 Å². The highest BCUT2D eigenvalue weighted by Crippen LogP contribution is 2.45. The first kappa shape index (κ1) is 27.5. The number of benzene rings is 2. The number of ether oxygens (including phenoxy) is 2. The summed E-state index contributed by atoms with van der Waals surface area (Å²) in [6, 6.07) is 15.9. The SMILES string of the molecule is CC(CC(=O)N(C=O)c1ccc(C#N)c2ccccc12)C1(C)OC(C)(CCOc2ccc(Cl)cn2)CC1O. The van der Waals surface area contributed by atoms with E-state index in [2.05, 4.69) is 11.1 Å². The normalized spacial score (nSPS) is 23.5. The summed E-state index contributed by atoms with van der Waals surface area (Å²) in [4.78, 5) is 30.6. The molecule has 1 aromatic heterocycles. The minimum absolute atomic E-state index is 0.0259. The standard InChI is InChI=1S/C29H30ClN3O5/c1-19(14-27(36)33(18-34)24-10-8-20(16-31)22-6-4-5-7-23(22)24)29(3)25(35)15-28(2,38-29)12-13-37-26-11-9-21(30)17-32-26/h4-11,17-19,25,35H,12-15H2,1-3H3. The van der Waals surface area contributed by atoms with Gasteiger partial charge in [0.25, 0.3) is 0 Å². The van der Waals surface area contributed by atoms with E-state index in [0.29, 0.717) is 58.8 Å². The zero-order valence-electron chi connectivity index (χ0n) is 21.6. The van der Waals surface area contributed by atoms with Crippen molar-refractivity contribution >= 4 is 40.4 Å². The van der Waals surface area contributed by atoms with Gasteiger partial charge in [-0.3, -0.25) is 14.5 Å². The van der Waals surface area contributed by atoms with E-state index in [1.807, 2.05) is 13.8 Å². The Morgan fingerprint density at radius 1 is 1.29 bits per heavy atom. The van der Waals surface area contributed by atoms with Gasteiger partial charge in [-0.05, 0) is 38.0 Å². The fourth-order valence-corrected chi connectivity index (χ4v) is 5.17. The Labute approximate surface area is 226 Å². The molecule has 1 N–H and O–H groups in total. The smallest absolute Gasteiger partial charge is 0.233 e. The largest absolute Gasteiger partial charge is 0.478 e. The maximum atomic E-state index is 13.4. The molecule has 38 heavy (non-hydrogen) atoms. The van der Waals surface area contributed by atoms with Crippen LogP contribution in [0.3, 0.4) is 0 Å². The maximum absolute atomic E-state index is 13.4. The molecule has 0 aliphatic carbocycles. The Kier molecular flexibility index (Phi) is 8.02. The van der Waals surface area contributed by atoms with Crippen molar-refractivity contribution in [3.63, 3.8) is 0 Å². The Bertz CT molecular complexity index is 1370. The number of amides is 2. The Balaban J connectivity index is 1.45. The van der Waals surface area contributed by atoms with Gasteiger partial charge in [-0.25, -0.2) is 4.98 Å². The van der Waals surface area contributed by atoms with Crippen LogP contribution in [0.2, 0.25) is 5.02 Å². The molecular formula is C29H30ClN3O5. The monoisotopic (exact) mass is 535 g/mol. The maximum Gasteiger partial charge on any atom is 0.233 e. The second-order valence-corrected chi connectivity index (χ2v) is 10.6. The molecule has 1 saturated heterocycles. The number of carbonyl (C=O) groups excluding carboxylic acids is 2. The van der Waals surface area contributed by atoms with Crippen LogP contribution in [0.4, 0.5) is 5.69 Å². The third-order valence-corrected chi connectivity index (χ3v) is 7.67. The van der Waals surface area contributed by atoms with E-state index in [-0.39, 0.29) is 6.42 Å². The van der Waals surface area contributed by atoms with Crippen molar-refractivity contribution in [1.29, 1.82) is 5.26 Å². The molecule has 0 spiro atoms. The van der Waals surface area contributed by atoms with Crippen molar-refractivity contribution in [2.75, 3.05) is 11.5 Å². The predicted molar refractivity (Wildman–Crippen MR) is 144 cm³/mol. The van der Waals surface area contributed by atoms with Gasteiger partial charge in [-0.15, -0.1) is 0 Å². The van der Waals surface area contributed by atoms with Crippen molar-refractivity contribution in [3.05, 3.63) is 65.3 Å². The average Bonchev–Trinajstić information content (AvgIpc) is 3.14. The molecular weight excluding hydrogens is 506 g/mol. The van der Waals surface area contributed by atoms with Crippen LogP contribution in [0.15, 0.2) is 54.7 Å². The second-order valence-electron chi connectivity index (χ2n) is 10.1. The fourth-order valence-electron chi connectivity index (χ4n) is 5.06. The van der Waals surface area contributed by atoms with Crippen molar-refractivity contribution in [2.24, 2.45) is 5.92 Å². The molecule has 9 heteroatoms. The number of hydrogen-bond acceptors (Lipinski definition) is 7. The number of aliphatic hydroxyl groups excluding tert-OH is 1. The first-order valence-corrected chi connectivity index (χ1v) is 12.8. The van der Waals surface area contributed by atoms with Gasteiger partial charge >= 0.3 is 0 Å². The van der Waals surface area contributed by atoms with Crippen molar-refractivity contribution in [1.82, 2.24) is 4.98 Å². The van der Waals surface area contributed by atoms with Gasteiger partial charge in [0.15, 0.2) is 0 Å². The third kappa shape index (κ3) is 5.51. The van der Waals surface area contributed by atoms with Crippen LogP contribution >= 0.6 is 11.6 Å². The van der Waals surface area contributed by atoms with E-state index in [9.17, 15) is 20.0 Å². The molecule has 3 aromatic rings. The number of aliphatic hydroxyl groups is 1. The topological polar surface area (TPSA) is 113 Å². The lowest BCUT2D eigenvalue weighted by molar-refractivity contribution is -0.147. The van der Waals surface area contributed by atoms with Gasteiger partial charge in [0.05, 0.1) is 46.3 Å². The number of nitrogens with zero attached hydrogens (tertiary/aromatic N) is 3. The molecule has 0 bridgehead atoms. The summed E-state index contributed by atoms with van der Waals surface area (Å²) in [5.74, 6) is -0.384. The Hall–Kier alpha value is -3.51. The number of hydrogen-bond donors (Lipinski definition) is 1. The van der Waals surface area contributed by atoms with Crippen LogP contribution in [0.5, 0.6) is 5.88 Å². The minimum Gasteiger partial charge on any atom is -0.478 e. The van der Waals surface area contributed by atoms with Crippen LogP contribution in [-0.2, 0) is 14.3 Å². The lowest BCUT2D eigenvalue weighted by Gasteiger charge is -2.36. The van der Waals surface area contributed by atoms with Crippen LogP contribution in [-0.4, -0.2) is 46.3 Å². The second kappa shape index (κ2) is 11.1. The molecule has 0 saturated carbocycles. The molecule has 8 nitrogen and oxygen atoms in total. The average molecular weight is 536 g/mol. The zero-order valence-corrected chi connectivity index (χ0v) is 22.3. The van der Waals surface area contributed by atoms with Crippen LogP contribution in [0.1, 0.15) is 45.6 Å². The molecule has 1 aliphatic rings. The van der Waals surface area contributed by atoms with E-state index >= 15 is 0 Å². The number of rotatable bonds is 9. The summed E-state index contributed by atoms with van der Waals surface area (Å²) in [6.45, 7) is 5.87. The number of nitriles is 1. The van der Waals surface area contributed by atoms with Crippen molar-refractivity contribution in [2.45, 2.75) is 57.3 Å². The zero-order chi connectivity index (χ0) is 27.5. The molecule has 1 aliphatic heterocycles. The van der Waals surface area contributed by atoms with Gasteiger partial charge in [-0.1, -0.05) is 42.8 Å². The van der Waals surface area contributed by atoms with Gasteiger partial charge in [0, 0.05) is 42.3 Å². The summed E-state index contributed by atoms with van der Waals surface area (Å²) in [7, 11) is 0. The number of fused-ring (bicyclic) bond motifs is 1. The summed E-state index contributed by atoms with van der Waals surface area (Å²) in [5.41, 5.74) is -0.820. The molecule has 2 heterocycles. The Morgan fingerprint density at radius 3 is 2.68 bits per heavy atom. The summed E-state index contributed by atoms with van der Waals surface area (Å²) < 4.78 is 12.1. The highest BCUT2D eigenvalue weighted by atomic mass is 35.5. The molecule has 4 unspecified atom stereocenters. The van der Waals surface area contributed by atoms with Gasteiger partial charge < -0.3 is 14.6 Å². The number of halogens is 1. The number of aromatic nitrogens is 1. The first-order valence-electron chi connectivity index (χ1n) is 12.4. The molecule has 198 valence electrons. The van der Waals surface area contributed by atoms with E-state index in [0.717, 1.165) is 4.90 Å². The minimum atomic E-state index is -1.01. The van der Waals surface area contributed by atoms with E-state index in [1.165, 1.54) is 6.20 Å². The third-order valence-electron chi connectivity index (χ3n) is 7.45. The number of anilines is 1. The van der Waals surface area contributed by atoms with Crippen LogP contribution < -0.4 is 9.64 Å². The van der Waals surface area contributed by atoms with Crippen LogP contribution in [0.25, 0.3) is 10.8 Å². The molecule has 0 radical (unpaired) electrons. The highest BCUT2D eigenvalue weighted by Gasteiger charge is 2.53. The van der Waals surface area contributed by atoms with Crippen molar-refractivity contribution < 1.29 is 24.2 Å². The molecule has 4 rings (SSSR count). The van der Waals surface area contributed by atoms with E-state index in [1.54, 1.807) is 55.5 Å². The molecule has 1 fully saturated rings. The fraction of sp³-hybridized carbons (Fsp3) is 0.379. The summed E-state index contributed by atoms with van der Waals surface area (Å²) in [5, 5.41) is 22.3. The van der Waals surface area contributed by atoms with Gasteiger partial charge in [0.2, 0.25) is 18.2 Å².